The molecule has 0 aliphatic rings. The van der Waals surface area contributed by atoms with Crippen LogP contribution in [-0.4, -0.2) is 17.2 Å². The minimum atomic E-state index is -1.11. The zero-order valence-corrected chi connectivity index (χ0v) is 5.78. The molecule has 11 heavy (non-hydrogen) atoms. The van der Waals surface area contributed by atoms with Gasteiger partial charge < -0.3 is 5.11 Å². The van der Waals surface area contributed by atoms with Gasteiger partial charge in [-0.3, -0.25) is 0 Å². The van der Waals surface area contributed by atoms with Crippen LogP contribution in [0, 0.1) is 0 Å². The number of nitrogens with zero attached hydrogens (tertiary/aromatic N) is 1. The van der Waals surface area contributed by atoms with E-state index in [1.54, 1.807) is 0 Å². The topological polar surface area (TPSA) is 66.7 Å². The number of hydrogen-bond acceptors (Lipinski definition) is 3. The molecule has 0 aromatic carbocycles. The average molecular weight is 153 g/mol. The second-order valence-electron chi connectivity index (χ2n) is 1.67. The molecular formula is C7H7NO3. The minimum Gasteiger partial charge on any atom is -0.478 e. The Morgan fingerprint density at radius 2 is 2.36 bits per heavy atom. The number of isocyanates is 1. The molecule has 0 rings (SSSR count). The SMILES string of the molecule is C=CCC(=CN=C=O)C(=O)O. The first-order chi connectivity index (χ1) is 5.22. The molecule has 0 saturated heterocycles. The molecule has 1 N–H and O–H groups in total. The fourth-order valence-corrected chi connectivity index (χ4v) is 0.455. The number of carbonyl (C=O) groups is 1. The van der Waals surface area contributed by atoms with Crippen molar-refractivity contribution in [1.82, 2.24) is 0 Å². The maximum absolute atomic E-state index is 10.3. The molecule has 0 atom stereocenters. The summed E-state index contributed by atoms with van der Waals surface area (Å²) in [5.41, 5.74) is 0.0170. The predicted molar refractivity (Wildman–Crippen MR) is 38.7 cm³/mol. The molecule has 0 heterocycles. The van der Waals surface area contributed by atoms with E-state index in [9.17, 15) is 9.59 Å². The normalized spacial score (nSPS) is 10.0. The molecule has 58 valence electrons. The van der Waals surface area contributed by atoms with Crippen molar-refractivity contribution in [2.45, 2.75) is 6.42 Å². The summed E-state index contributed by atoms with van der Waals surface area (Å²) in [6.45, 7) is 3.35. The summed E-state index contributed by atoms with van der Waals surface area (Å²) in [5.74, 6) is -1.11. The Morgan fingerprint density at radius 3 is 2.73 bits per heavy atom. The van der Waals surface area contributed by atoms with Crippen molar-refractivity contribution in [3.05, 3.63) is 24.4 Å². The van der Waals surface area contributed by atoms with E-state index in [0.717, 1.165) is 6.20 Å². The van der Waals surface area contributed by atoms with Crippen LogP contribution < -0.4 is 0 Å². The van der Waals surface area contributed by atoms with Crippen LogP contribution in [-0.2, 0) is 9.59 Å². The fourth-order valence-electron chi connectivity index (χ4n) is 0.455. The number of aliphatic carboxylic acids is 1. The lowest BCUT2D eigenvalue weighted by atomic mass is 10.2. The molecule has 4 heteroatoms. The van der Waals surface area contributed by atoms with E-state index in [1.165, 1.54) is 12.2 Å². The Kier molecular flexibility index (Phi) is 4.36. The van der Waals surface area contributed by atoms with Crippen molar-refractivity contribution in [3.63, 3.8) is 0 Å². The zero-order chi connectivity index (χ0) is 8.69. The minimum absolute atomic E-state index is 0.0170. The third-order valence-corrected chi connectivity index (χ3v) is 0.912. The number of hydrogen-bond donors (Lipinski definition) is 1. The fraction of sp³-hybridized carbons (Fsp3) is 0.143. The smallest absolute Gasteiger partial charge is 0.333 e. The summed E-state index contributed by atoms with van der Waals surface area (Å²) >= 11 is 0. The van der Waals surface area contributed by atoms with Crippen LogP contribution in [0.1, 0.15) is 6.42 Å². The van der Waals surface area contributed by atoms with Crippen molar-refractivity contribution < 1.29 is 14.7 Å². The molecular weight excluding hydrogens is 146 g/mol. The third kappa shape index (κ3) is 3.83. The summed E-state index contributed by atoms with van der Waals surface area (Å²) in [6.07, 6.45) is 3.77. The van der Waals surface area contributed by atoms with Crippen LogP contribution in [0.15, 0.2) is 29.4 Å². The highest BCUT2D eigenvalue weighted by Crippen LogP contribution is 2.01. The van der Waals surface area contributed by atoms with Crippen LogP contribution in [0.4, 0.5) is 0 Å². The van der Waals surface area contributed by atoms with Gasteiger partial charge in [0.1, 0.15) is 0 Å². The molecule has 0 saturated carbocycles. The third-order valence-electron chi connectivity index (χ3n) is 0.912. The van der Waals surface area contributed by atoms with E-state index in [4.69, 9.17) is 5.11 Å². The zero-order valence-electron chi connectivity index (χ0n) is 5.78. The number of rotatable bonds is 4. The Labute approximate surface area is 63.6 Å². The largest absolute Gasteiger partial charge is 0.478 e. The number of carboxylic acid groups (broad SMARTS) is 1. The lowest BCUT2D eigenvalue weighted by Crippen LogP contribution is -1.98. The van der Waals surface area contributed by atoms with Crippen LogP contribution in [0.2, 0.25) is 0 Å². The van der Waals surface area contributed by atoms with Gasteiger partial charge in [-0.1, -0.05) is 6.08 Å². The molecule has 0 aromatic rings. The number of aliphatic imine (C=N–C) groups is 1. The lowest BCUT2D eigenvalue weighted by Gasteiger charge is -1.91. The van der Waals surface area contributed by atoms with Gasteiger partial charge in [-0.2, -0.15) is 4.99 Å². The summed E-state index contributed by atoms with van der Waals surface area (Å²) < 4.78 is 0. The predicted octanol–water partition coefficient (Wildman–Crippen LogP) is 0.867. The van der Waals surface area contributed by atoms with Gasteiger partial charge >= 0.3 is 5.97 Å². The number of carbonyl (C=O) groups excluding carboxylic acids is 1. The van der Waals surface area contributed by atoms with Gasteiger partial charge in [0.25, 0.3) is 0 Å². The van der Waals surface area contributed by atoms with Crippen molar-refractivity contribution in [1.29, 1.82) is 0 Å². The van der Waals surface area contributed by atoms with Crippen LogP contribution in [0.3, 0.4) is 0 Å². The lowest BCUT2D eigenvalue weighted by molar-refractivity contribution is -0.132. The summed E-state index contributed by atoms with van der Waals surface area (Å²) in [4.78, 5) is 22.9. The van der Waals surface area contributed by atoms with E-state index in [2.05, 4.69) is 11.6 Å². The monoisotopic (exact) mass is 153 g/mol. The molecule has 0 radical (unpaired) electrons. The van der Waals surface area contributed by atoms with E-state index < -0.39 is 5.97 Å². The highest BCUT2D eigenvalue weighted by atomic mass is 16.4. The van der Waals surface area contributed by atoms with Gasteiger partial charge in [-0.25, -0.2) is 9.59 Å². The molecule has 0 aromatic heterocycles. The van der Waals surface area contributed by atoms with E-state index >= 15 is 0 Å². The molecule has 0 aliphatic carbocycles. The summed E-state index contributed by atoms with van der Waals surface area (Å²) in [7, 11) is 0. The van der Waals surface area contributed by atoms with Crippen molar-refractivity contribution >= 4 is 12.0 Å². The van der Waals surface area contributed by atoms with Crippen LogP contribution in [0.25, 0.3) is 0 Å². The van der Waals surface area contributed by atoms with Crippen molar-refractivity contribution in [2.24, 2.45) is 4.99 Å². The second kappa shape index (κ2) is 5.14. The van der Waals surface area contributed by atoms with E-state index in [0.29, 0.717) is 0 Å². The van der Waals surface area contributed by atoms with Gasteiger partial charge in [0.05, 0.1) is 11.8 Å². The first-order valence-corrected chi connectivity index (χ1v) is 2.82. The van der Waals surface area contributed by atoms with Gasteiger partial charge in [0, 0.05) is 0 Å². The van der Waals surface area contributed by atoms with Crippen LogP contribution in [0.5, 0.6) is 0 Å². The first-order valence-electron chi connectivity index (χ1n) is 2.82. The quantitative estimate of drug-likeness (QED) is 0.282. The van der Waals surface area contributed by atoms with Crippen LogP contribution >= 0.6 is 0 Å². The maximum atomic E-state index is 10.3. The first kappa shape index (κ1) is 9.33. The average Bonchev–Trinajstić information content (AvgIpc) is 1.97. The maximum Gasteiger partial charge on any atom is 0.333 e. The molecule has 0 unspecified atom stereocenters. The number of allylic oxidation sites excluding steroid dienone is 1. The van der Waals surface area contributed by atoms with Gasteiger partial charge in [-0.05, 0) is 6.42 Å². The number of carboxylic acids is 1. The van der Waals surface area contributed by atoms with Gasteiger partial charge in [0.15, 0.2) is 0 Å². The highest BCUT2D eigenvalue weighted by molar-refractivity contribution is 5.86. The molecule has 0 aliphatic heterocycles. The summed E-state index contributed by atoms with van der Waals surface area (Å²) in [6, 6.07) is 0. The summed E-state index contributed by atoms with van der Waals surface area (Å²) in [5, 5.41) is 8.43. The van der Waals surface area contributed by atoms with Gasteiger partial charge in [-0.15, -0.1) is 6.58 Å². The second-order valence-corrected chi connectivity index (χ2v) is 1.67. The van der Waals surface area contributed by atoms with Gasteiger partial charge in [0.2, 0.25) is 6.08 Å². The highest BCUT2D eigenvalue weighted by Gasteiger charge is 2.02. The van der Waals surface area contributed by atoms with E-state index in [-0.39, 0.29) is 12.0 Å². The molecule has 0 fully saturated rings. The van der Waals surface area contributed by atoms with E-state index in [1.807, 2.05) is 0 Å². The standard InChI is InChI=1S/C7H7NO3/c1-2-3-6(7(10)11)4-8-5-9/h2,4H,1,3H2,(H,10,11). The molecule has 0 spiro atoms. The molecule has 0 bridgehead atoms. The van der Waals surface area contributed by atoms with Crippen molar-refractivity contribution in [2.75, 3.05) is 0 Å². The van der Waals surface area contributed by atoms with Crippen molar-refractivity contribution in [3.8, 4) is 0 Å². The molecule has 4 nitrogen and oxygen atoms in total. The Balaban J connectivity index is 4.43. The Bertz CT molecular complexity index is 236. The molecule has 0 amide bonds. The Hall–Kier alpha value is -1.67. The Morgan fingerprint density at radius 1 is 1.73 bits per heavy atom.